The van der Waals surface area contributed by atoms with Crippen molar-refractivity contribution in [2.75, 3.05) is 6.54 Å². The summed E-state index contributed by atoms with van der Waals surface area (Å²) in [4.78, 5) is 29.9. The van der Waals surface area contributed by atoms with Gasteiger partial charge in [0.05, 0.1) is 10.6 Å². The minimum atomic E-state index is -0.422. The summed E-state index contributed by atoms with van der Waals surface area (Å²) >= 11 is 1.43. The number of nitro benzene ring substituents is 1. The average molecular weight is 383 g/mol. The Morgan fingerprint density at radius 2 is 1.93 bits per heavy atom. The normalized spacial score (nSPS) is 18.5. The van der Waals surface area contributed by atoms with Crippen LogP contribution in [0.25, 0.3) is 0 Å². The van der Waals surface area contributed by atoms with Crippen molar-refractivity contribution in [1.29, 1.82) is 0 Å². The van der Waals surface area contributed by atoms with Gasteiger partial charge in [0.2, 0.25) is 5.91 Å². The summed E-state index contributed by atoms with van der Waals surface area (Å²) in [5.41, 5.74) is 2.33. The lowest BCUT2D eigenvalue weighted by Gasteiger charge is -2.19. The summed E-state index contributed by atoms with van der Waals surface area (Å²) in [6, 6.07) is 14.2. The Balaban J connectivity index is 1.97. The van der Waals surface area contributed by atoms with Gasteiger partial charge in [0.1, 0.15) is 5.25 Å². The van der Waals surface area contributed by atoms with Crippen LogP contribution in [-0.2, 0) is 4.79 Å². The molecule has 0 saturated carbocycles. The number of non-ortho nitro benzene ring substituents is 1. The highest BCUT2D eigenvalue weighted by Gasteiger charge is 2.39. The number of hydrogen-bond donors (Lipinski definition) is 0. The molecule has 2 aromatic rings. The van der Waals surface area contributed by atoms with Crippen LogP contribution in [0, 0.1) is 23.0 Å². The molecular formula is C20H21N3O3S. The third-order valence-corrected chi connectivity index (χ3v) is 5.43. The van der Waals surface area contributed by atoms with Crippen LogP contribution in [0.1, 0.15) is 30.2 Å². The van der Waals surface area contributed by atoms with Gasteiger partial charge in [-0.15, -0.1) is 0 Å². The Hall–Kier alpha value is -2.67. The summed E-state index contributed by atoms with van der Waals surface area (Å²) in [6.07, 6.45) is 0. The molecule has 27 heavy (non-hydrogen) atoms. The SMILES string of the molecule is Cc1cc([N+](=O)[O-])ccc1/N=C1\SC(c2ccccc2)C(=O)N1CC(C)C. The van der Waals surface area contributed by atoms with Crippen molar-refractivity contribution in [2.45, 2.75) is 26.0 Å². The van der Waals surface area contributed by atoms with Crippen molar-refractivity contribution in [3.63, 3.8) is 0 Å². The van der Waals surface area contributed by atoms with E-state index in [0.29, 0.717) is 28.9 Å². The van der Waals surface area contributed by atoms with Crippen molar-refractivity contribution in [2.24, 2.45) is 10.9 Å². The molecule has 6 nitrogen and oxygen atoms in total. The average Bonchev–Trinajstić information content (AvgIpc) is 2.93. The predicted molar refractivity (Wildman–Crippen MR) is 108 cm³/mol. The molecule has 1 heterocycles. The lowest BCUT2D eigenvalue weighted by molar-refractivity contribution is -0.384. The van der Waals surface area contributed by atoms with Crippen molar-refractivity contribution < 1.29 is 9.72 Å². The molecule has 1 aliphatic rings. The van der Waals surface area contributed by atoms with Crippen LogP contribution in [0.15, 0.2) is 53.5 Å². The van der Waals surface area contributed by atoms with Crippen LogP contribution in [0.2, 0.25) is 0 Å². The highest BCUT2D eigenvalue weighted by atomic mass is 32.2. The molecule has 0 N–H and O–H groups in total. The van der Waals surface area contributed by atoms with Crippen LogP contribution >= 0.6 is 11.8 Å². The fourth-order valence-corrected chi connectivity index (χ4v) is 4.07. The molecule has 1 fully saturated rings. The number of rotatable bonds is 5. The molecule has 1 saturated heterocycles. The number of hydrogen-bond acceptors (Lipinski definition) is 5. The number of nitrogens with zero attached hydrogens (tertiary/aromatic N) is 3. The largest absolute Gasteiger partial charge is 0.290 e. The van der Waals surface area contributed by atoms with Crippen LogP contribution in [0.3, 0.4) is 0 Å². The second-order valence-corrected chi connectivity index (χ2v) is 7.95. The standard InChI is InChI=1S/C20H21N3O3S/c1-13(2)12-22-19(24)18(15-7-5-4-6-8-15)27-20(22)21-17-10-9-16(23(25)26)11-14(17)3/h4-11,13,18H,12H2,1-3H3/b21-20-. The molecule has 0 radical (unpaired) electrons. The molecular weight excluding hydrogens is 362 g/mol. The van der Waals surface area contributed by atoms with Crippen LogP contribution in [0.4, 0.5) is 11.4 Å². The fourth-order valence-electron chi connectivity index (χ4n) is 2.90. The number of carbonyl (C=O) groups is 1. The Morgan fingerprint density at radius 3 is 2.52 bits per heavy atom. The van der Waals surface area contributed by atoms with Crippen LogP contribution in [-0.4, -0.2) is 27.4 Å². The van der Waals surface area contributed by atoms with E-state index in [0.717, 1.165) is 5.56 Å². The van der Waals surface area contributed by atoms with Crippen molar-refractivity contribution in [1.82, 2.24) is 4.90 Å². The zero-order valence-electron chi connectivity index (χ0n) is 15.5. The van der Waals surface area contributed by atoms with Crippen molar-refractivity contribution in [3.05, 3.63) is 69.8 Å². The number of carbonyl (C=O) groups excluding carboxylic acids is 1. The first-order valence-corrected chi connectivity index (χ1v) is 9.61. The highest BCUT2D eigenvalue weighted by molar-refractivity contribution is 8.15. The maximum absolute atomic E-state index is 13.0. The summed E-state index contributed by atoms with van der Waals surface area (Å²) < 4.78 is 0. The van der Waals surface area contributed by atoms with E-state index >= 15 is 0 Å². The zero-order valence-corrected chi connectivity index (χ0v) is 16.3. The van der Waals surface area contributed by atoms with Crippen LogP contribution < -0.4 is 0 Å². The van der Waals surface area contributed by atoms with Gasteiger partial charge >= 0.3 is 0 Å². The van der Waals surface area contributed by atoms with Gasteiger partial charge in [-0.05, 0) is 30.0 Å². The summed E-state index contributed by atoms with van der Waals surface area (Å²) in [5, 5.41) is 11.3. The lowest BCUT2D eigenvalue weighted by atomic mass is 10.1. The summed E-state index contributed by atoms with van der Waals surface area (Å²) in [5.74, 6) is 0.324. The summed E-state index contributed by atoms with van der Waals surface area (Å²) in [7, 11) is 0. The molecule has 0 aliphatic carbocycles. The molecule has 1 aliphatic heterocycles. The van der Waals surface area contributed by atoms with Crippen LogP contribution in [0.5, 0.6) is 0 Å². The number of thioether (sulfide) groups is 1. The lowest BCUT2D eigenvalue weighted by Crippen LogP contribution is -2.33. The van der Waals surface area contributed by atoms with E-state index in [-0.39, 0.29) is 16.8 Å². The number of aliphatic imine (C=N–C) groups is 1. The molecule has 7 heteroatoms. The van der Waals surface area contributed by atoms with Gasteiger partial charge in [-0.1, -0.05) is 55.9 Å². The van der Waals surface area contributed by atoms with Gasteiger partial charge in [0.15, 0.2) is 5.17 Å². The number of aryl methyl sites for hydroxylation is 1. The molecule has 1 amide bonds. The van der Waals surface area contributed by atoms with Gasteiger partial charge in [-0.2, -0.15) is 0 Å². The maximum Gasteiger partial charge on any atom is 0.269 e. The minimum absolute atomic E-state index is 0.0261. The fraction of sp³-hybridized carbons (Fsp3) is 0.300. The van der Waals surface area contributed by atoms with E-state index in [1.54, 1.807) is 17.9 Å². The van der Waals surface area contributed by atoms with E-state index < -0.39 is 4.92 Å². The van der Waals surface area contributed by atoms with E-state index in [4.69, 9.17) is 0 Å². The second-order valence-electron chi connectivity index (χ2n) is 6.87. The van der Waals surface area contributed by atoms with E-state index in [9.17, 15) is 14.9 Å². The smallest absolute Gasteiger partial charge is 0.269 e. The van der Waals surface area contributed by atoms with Gasteiger partial charge in [0.25, 0.3) is 5.69 Å². The van der Waals surface area contributed by atoms with Crippen molar-refractivity contribution >= 4 is 34.2 Å². The maximum atomic E-state index is 13.0. The van der Waals surface area contributed by atoms with Gasteiger partial charge in [-0.25, -0.2) is 4.99 Å². The number of benzene rings is 2. The minimum Gasteiger partial charge on any atom is -0.290 e. The van der Waals surface area contributed by atoms with Crippen molar-refractivity contribution in [3.8, 4) is 0 Å². The van der Waals surface area contributed by atoms with E-state index in [1.165, 1.54) is 23.9 Å². The molecule has 1 atom stereocenters. The first-order valence-electron chi connectivity index (χ1n) is 8.73. The molecule has 3 rings (SSSR count). The zero-order chi connectivity index (χ0) is 19.6. The molecule has 0 aromatic heterocycles. The van der Waals surface area contributed by atoms with Gasteiger partial charge < -0.3 is 0 Å². The quantitative estimate of drug-likeness (QED) is 0.545. The highest BCUT2D eigenvalue weighted by Crippen LogP contribution is 2.41. The molecule has 2 aromatic carbocycles. The number of amidine groups is 1. The van der Waals surface area contributed by atoms with E-state index in [2.05, 4.69) is 18.8 Å². The second kappa shape index (κ2) is 7.92. The first kappa shape index (κ1) is 19.1. The Bertz CT molecular complexity index is 897. The first-order chi connectivity index (χ1) is 12.9. The molecule has 1 unspecified atom stereocenters. The Kier molecular flexibility index (Phi) is 5.60. The molecule has 140 valence electrons. The third-order valence-electron chi connectivity index (χ3n) is 4.20. The Morgan fingerprint density at radius 1 is 1.22 bits per heavy atom. The van der Waals surface area contributed by atoms with E-state index in [1.807, 2.05) is 30.3 Å². The predicted octanol–water partition coefficient (Wildman–Crippen LogP) is 4.86. The topological polar surface area (TPSA) is 75.8 Å². The summed E-state index contributed by atoms with van der Waals surface area (Å²) in [6.45, 7) is 6.49. The molecule has 0 bridgehead atoms. The number of amides is 1. The Labute approximate surface area is 162 Å². The van der Waals surface area contributed by atoms with Gasteiger partial charge in [0, 0.05) is 18.7 Å². The van der Waals surface area contributed by atoms with Gasteiger partial charge in [-0.3, -0.25) is 19.8 Å². The number of nitro groups is 1. The monoisotopic (exact) mass is 383 g/mol. The molecule has 0 spiro atoms. The third kappa shape index (κ3) is 4.19.